The number of hydrogen-bond donors (Lipinski definition) is 2. The Bertz CT molecular complexity index is 886. The Morgan fingerprint density at radius 1 is 0.933 bits per heavy atom. The van der Waals surface area contributed by atoms with Crippen molar-refractivity contribution in [3.63, 3.8) is 0 Å². The van der Waals surface area contributed by atoms with E-state index in [9.17, 15) is 14.4 Å². The number of nitrogens with one attached hydrogen (secondary N) is 2. The molecular weight excluding hydrogens is 382 g/mol. The first-order valence-electron chi connectivity index (χ1n) is 10.1. The number of piperidine rings is 1. The summed E-state index contributed by atoms with van der Waals surface area (Å²) in [4.78, 5) is 38.1. The van der Waals surface area contributed by atoms with Crippen LogP contribution in [-0.4, -0.2) is 49.4 Å². The van der Waals surface area contributed by atoms with E-state index in [1.54, 1.807) is 48.5 Å². The van der Waals surface area contributed by atoms with E-state index in [0.29, 0.717) is 22.7 Å². The number of carbonyl (C=O) groups excluding carboxylic acids is 3. The van der Waals surface area contributed by atoms with Crippen molar-refractivity contribution >= 4 is 29.2 Å². The summed E-state index contributed by atoms with van der Waals surface area (Å²) in [6.07, 6.45) is 2.08. The fourth-order valence-electron chi connectivity index (χ4n) is 3.32. The molecule has 1 heterocycles. The second-order valence-electron chi connectivity index (χ2n) is 7.52. The maximum atomic E-state index is 12.6. The van der Waals surface area contributed by atoms with Gasteiger partial charge in [0.1, 0.15) is 0 Å². The van der Waals surface area contributed by atoms with Crippen LogP contribution in [0.25, 0.3) is 0 Å². The van der Waals surface area contributed by atoms with Gasteiger partial charge >= 0.3 is 5.97 Å². The van der Waals surface area contributed by atoms with Gasteiger partial charge in [-0.25, -0.2) is 4.79 Å². The van der Waals surface area contributed by atoms with E-state index >= 15 is 0 Å². The predicted molar refractivity (Wildman–Crippen MR) is 116 cm³/mol. The number of benzene rings is 2. The third-order valence-electron chi connectivity index (χ3n) is 5.25. The summed E-state index contributed by atoms with van der Waals surface area (Å²) < 4.78 is 4.66. The smallest absolute Gasteiger partial charge is 0.337 e. The number of rotatable bonds is 6. The van der Waals surface area contributed by atoms with Crippen molar-refractivity contribution in [3.8, 4) is 0 Å². The number of nitrogens with zero attached hydrogens (tertiary/aromatic N) is 1. The molecule has 1 aliphatic rings. The zero-order valence-corrected chi connectivity index (χ0v) is 17.3. The van der Waals surface area contributed by atoms with Gasteiger partial charge in [-0.3, -0.25) is 9.59 Å². The van der Waals surface area contributed by atoms with Crippen LogP contribution < -0.4 is 10.6 Å². The third-order valence-corrected chi connectivity index (χ3v) is 5.25. The summed E-state index contributed by atoms with van der Waals surface area (Å²) in [5.74, 6) is 0.0927. The molecule has 1 aliphatic heterocycles. The van der Waals surface area contributed by atoms with Crippen LogP contribution in [0.1, 0.15) is 40.5 Å². The quantitative estimate of drug-likeness (QED) is 0.714. The molecule has 2 amide bonds. The van der Waals surface area contributed by atoms with E-state index in [-0.39, 0.29) is 18.4 Å². The van der Waals surface area contributed by atoms with Crippen molar-refractivity contribution in [2.24, 2.45) is 5.92 Å². The minimum Gasteiger partial charge on any atom is -0.465 e. The van der Waals surface area contributed by atoms with Gasteiger partial charge in [-0.1, -0.05) is 6.92 Å². The van der Waals surface area contributed by atoms with Gasteiger partial charge in [0.2, 0.25) is 5.91 Å². The number of likely N-dealkylation sites (tertiary alicyclic amines) is 1. The van der Waals surface area contributed by atoms with Crippen molar-refractivity contribution in [1.29, 1.82) is 0 Å². The maximum Gasteiger partial charge on any atom is 0.337 e. The lowest BCUT2D eigenvalue weighted by molar-refractivity contribution is -0.114. The highest BCUT2D eigenvalue weighted by Gasteiger charge is 2.21. The molecule has 0 aliphatic carbocycles. The van der Waals surface area contributed by atoms with Crippen LogP contribution in [0.4, 0.5) is 11.4 Å². The Balaban J connectivity index is 1.48. The molecule has 2 aromatic carbocycles. The van der Waals surface area contributed by atoms with E-state index in [4.69, 9.17) is 0 Å². The molecule has 2 N–H and O–H groups in total. The lowest BCUT2D eigenvalue weighted by Gasteiger charge is -2.30. The van der Waals surface area contributed by atoms with E-state index in [2.05, 4.69) is 22.3 Å². The monoisotopic (exact) mass is 409 g/mol. The molecule has 0 unspecified atom stereocenters. The first kappa shape index (κ1) is 21.4. The van der Waals surface area contributed by atoms with Gasteiger partial charge in [0.05, 0.1) is 19.2 Å². The average molecular weight is 409 g/mol. The molecule has 0 radical (unpaired) electrons. The lowest BCUT2D eigenvalue weighted by Crippen LogP contribution is -2.37. The molecular formula is C23H27N3O4. The van der Waals surface area contributed by atoms with Crippen LogP contribution in [0.15, 0.2) is 48.5 Å². The molecule has 2 aromatic rings. The van der Waals surface area contributed by atoms with Crippen molar-refractivity contribution < 1.29 is 19.1 Å². The van der Waals surface area contributed by atoms with Crippen LogP contribution in [0, 0.1) is 5.92 Å². The molecule has 1 saturated heterocycles. The van der Waals surface area contributed by atoms with Crippen molar-refractivity contribution in [3.05, 3.63) is 59.7 Å². The largest absolute Gasteiger partial charge is 0.465 e. The molecule has 7 nitrogen and oxygen atoms in total. The number of amides is 2. The number of hydrogen-bond acceptors (Lipinski definition) is 5. The Kier molecular flexibility index (Phi) is 7.06. The molecule has 3 rings (SSSR count). The summed E-state index contributed by atoms with van der Waals surface area (Å²) in [6, 6.07) is 13.6. The highest BCUT2D eigenvalue weighted by molar-refractivity contribution is 5.97. The normalized spacial score (nSPS) is 14.1. The average Bonchev–Trinajstić information content (AvgIpc) is 2.78. The molecule has 158 valence electrons. The fourth-order valence-corrected chi connectivity index (χ4v) is 3.32. The van der Waals surface area contributed by atoms with E-state index in [0.717, 1.165) is 31.6 Å². The Hall–Kier alpha value is -3.35. The van der Waals surface area contributed by atoms with Gasteiger partial charge in [-0.05, 0) is 67.3 Å². The zero-order chi connectivity index (χ0) is 21.5. The van der Waals surface area contributed by atoms with Crippen LogP contribution in [0.2, 0.25) is 0 Å². The number of ether oxygens (including phenoxy) is 1. The second-order valence-corrected chi connectivity index (χ2v) is 7.52. The zero-order valence-electron chi connectivity index (χ0n) is 17.3. The van der Waals surface area contributed by atoms with Crippen LogP contribution in [-0.2, 0) is 9.53 Å². The summed E-state index contributed by atoms with van der Waals surface area (Å²) in [7, 11) is 1.33. The van der Waals surface area contributed by atoms with Crippen LogP contribution in [0.5, 0.6) is 0 Å². The molecule has 1 fully saturated rings. The van der Waals surface area contributed by atoms with Crippen molar-refractivity contribution in [2.75, 3.05) is 37.4 Å². The highest BCUT2D eigenvalue weighted by atomic mass is 16.5. The fraction of sp³-hybridized carbons (Fsp3) is 0.348. The number of carbonyl (C=O) groups is 3. The van der Waals surface area contributed by atoms with Crippen LogP contribution >= 0.6 is 0 Å². The van der Waals surface area contributed by atoms with E-state index in [1.807, 2.05) is 4.90 Å². The Labute approximate surface area is 176 Å². The standard InChI is InChI=1S/C23H27N3O4/c1-16-11-13-26(14-12-16)22(28)17-3-9-20(10-4-17)25-21(27)15-24-19-7-5-18(6-8-19)23(29)30-2/h3-10,16,24H,11-15H2,1-2H3,(H,25,27). The van der Waals surface area contributed by atoms with Gasteiger partial charge in [-0.15, -0.1) is 0 Å². The number of anilines is 2. The Morgan fingerprint density at radius 2 is 1.50 bits per heavy atom. The summed E-state index contributed by atoms with van der Waals surface area (Å²) in [5.41, 5.74) is 2.42. The SMILES string of the molecule is COC(=O)c1ccc(NCC(=O)Nc2ccc(C(=O)N3CCC(C)CC3)cc2)cc1. The molecule has 0 aromatic heterocycles. The number of esters is 1. The molecule has 0 bridgehead atoms. The topological polar surface area (TPSA) is 87.7 Å². The minimum absolute atomic E-state index is 0.0387. The number of methoxy groups -OCH3 is 1. The van der Waals surface area contributed by atoms with Gasteiger partial charge in [0.15, 0.2) is 0 Å². The first-order valence-corrected chi connectivity index (χ1v) is 10.1. The van der Waals surface area contributed by atoms with Crippen LogP contribution in [0.3, 0.4) is 0 Å². The van der Waals surface area contributed by atoms with Gasteiger partial charge in [0.25, 0.3) is 5.91 Å². The summed E-state index contributed by atoms with van der Waals surface area (Å²) in [5, 5.41) is 5.80. The van der Waals surface area contributed by atoms with Gasteiger partial charge in [0, 0.05) is 30.0 Å². The molecule has 30 heavy (non-hydrogen) atoms. The Morgan fingerprint density at radius 3 is 2.10 bits per heavy atom. The summed E-state index contributed by atoms with van der Waals surface area (Å²) >= 11 is 0. The minimum atomic E-state index is -0.406. The van der Waals surface area contributed by atoms with E-state index in [1.165, 1.54) is 7.11 Å². The van der Waals surface area contributed by atoms with Gasteiger partial charge < -0.3 is 20.3 Å². The first-order chi connectivity index (χ1) is 14.5. The van der Waals surface area contributed by atoms with Gasteiger partial charge in [-0.2, -0.15) is 0 Å². The highest BCUT2D eigenvalue weighted by Crippen LogP contribution is 2.19. The third kappa shape index (κ3) is 5.59. The molecule has 0 spiro atoms. The van der Waals surface area contributed by atoms with E-state index < -0.39 is 5.97 Å². The molecule has 0 saturated carbocycles. The van der Waals surface area contributed by atoms with Crippen molar-refractivity contribution in [1.82, 2.24) is 4.90 Å². The lowest BCUT2D eigenvalue weighted by atomic mass is 9.98. The van der Waals surface area contributed by atoms with Crippen molar-refractivity contribution in [2.45, 2.75) is 19.8 Å². The summed E-state index contributed by atoms with van der Waals surface area (Å²) in [6.45, 7) is 3.88. The molecule has 7 heteroatoms. The molecule has 0 atom stereocenters. The second kappa shape index (κ2) is 9.91. The maximum absolute atomic E-state index is 12.6. The predicted octanol–water partition coefficient (Wildman–Crippen LogP) is 3.40.